The summed E-state index contributed by atoms with van der Waals surface area (Å²) in [4.78, 5) is 13.9. The van der Waals surface area contributed by atoms with Crippen molar-refractivity contribution in [2.24, 2.45) is 5.41 Å². The molecule has 1 unspecified atom stereocenters. The number of halogens is 1. The van der Waals surface area contributed by atoms with Crippen molar-refractivity contribution in [1.82, 2.24) is 0 Å². The van der Waals surface area contributed by atoms with E-state index in [1.165, 1.54) is 17.8 Å². The van der Waals surface area contributed by atoms with E-state index in [1.807, 2.05) is 42.7 Å². The molecule has 0 radical (unpaired) electrons. The summed E-state index contributed by atoms with van der Waals surface area (Å²) in [5, 5.41) is 8.80. The van der Waals surface area contributed by atoms with Gasteiger partial charge >= 0.3 is 5.97 Å². The number of carboxylic acid groups (broad SMARTS) is 1. The van der Waals surface area contributed by atoms with Crippen molar-refractivity contribution < 1.29 is 28.1 Å². The fourth-order valence-electron chi connectivity index (χ4n) is 4.32. The molecule has 1 atom stereocenters. The zero-order valence-electron chi connectivity index (χ0n) is 19.7. The number of thioether (sulfide) groups is 1. The molecule has 1 aliphatic rings. The Morgan fingerprint density at radius 1 is 1.26 bits per heavy atom. The molecule has 3 rings (SSSR count). The molecule has 0 amide bonds. The SMILES string of the molecule is CCCCC1(CC)CN(c2ccccc2)c2cc(SC)c(OC=C(F)C(=O)O)cc2S(O)(O)C1. The lowest BCUT2D eigenvalue weighted by Crippen LogP contribution is -2.37. The first-order valence-corrected chi connectivity index (χ1v) is 14.2. The zero-order chi connectivity index (χ0) is 24.9. The Kier molecular flexibility index (Phi) is 8.57. The van der Waals surface area contributed by atoms with Crippen LogP contribution in [-0.4, -0.2) is 38.7 Å². The van der Waals surface area contributed by atoms with Gasteiger partial charge in [0.25, 0.3) is 0 Å². The molecule has 2 aromatic carbocycles. The zero-order valence-corrected chi connectivity index (χ0v) is 21.3. The standard InChI is InChI=1S/C25H32FNO5S2/c1-4-6-12-25(5-2)16-27(18-10-8-7-9-11-18)20-13-22(33-3)21(32-15-19(26)24(28)29)14-23(20)34(30,31)17-25/h7-11,13-15,30-31H,4-6,12,16-17H2,1-3H3,(H,28,29). The Hall–Kier alpha value is -2.20. The molecule has 0 fully saturated rings. The van der Waals surface area contributed by atoms with Crippen molar-refractivity contribution in [3.8, 4) is 5.75 Å². The molecule has 0 spiro atoms. The lowest BCUT2D eigenvalue weighted by molar-refractivity contribution is -0.134. The smallest absolute Gasteiger partial charge is 0.368 e. The molecular weight excluding hydrogens is 477 g/mol. The largest absolute Gasteiger partial charge is 0.476 e. The average Bonchev–Trinajstić information content (AvgIpc) is 2.93. The van der Waals surface area contributed by atoms with E-state index in [0.29, 0.717) is 28.3 Å². The fourth-order valence-corrected chi connectivity index (χ4v) is 7.11. The number of hydrogen-bond donors (Lipinski definition) is 3. The van der Waals surface area contributed by atoms with E-state index in [0.717, 1.165) is 31.4 Å². The normalized spacial score (nSPS) is 20.9. The van der Waals surface area contributed by atoms with Gasteiger partial charge in [-0.05, 0) is 37.3 Å². The van der Waals surface area contributed by atoms with Crippen LogP contribution in [0, 0.1) is 5.41 Å². The van der Waals surface area contributed by atoms with Gasteiger partial charge in [-0.15, -0.1) is 11.8 Å². The summed E-state index contributed by atoms with van der Waals surface area (Å²) >= 11 is 1.35. The van der Waals surface area contributed by atoms with Gasteiger partial charge in [0.15, 0.2) is 0 Å². The highest BCUT2D eigenvalue weighted by atomic mass is 32.3. The molecule has 3 N–H and O–H groups in total. The van der Waals surface area contributed by atoms with E-state index < -0.39 is 22.4 Å². The van der Waals surface area contributed by atoms with Crippen LogP contribution in [0.4, 0.5) is 15.8 Å². The third kappa shape index (κ3) is 5.71. The van der Waals surface area contributed by atoms with E-state index in [1.54, 1.807) is 0 Å². The fraction of sp³-hybridized carbons (Fsp3) is 0.400. The minimum Gasteiger partial charge on any atom is -0.476 e. The van der Waals surface area contributed by atoms with Crippen molar-refractivity contribution in [3.63, 3.8) is 0 Å². The summed E-state index contributed by atoms with van der Waals surface area (Å²) in [7, 11) is -3.23. The molecule has 1 heterocycles. The molecule has 0 bridgehead atoms. The van der Waals surface area contributed by atoms with Crippen LogP contribution >= 0.6 is 22.4 Å². The van der Waals surface area contributed by atoms with E-state index in [9.17, 15) is 18.3 Å². The van der Waals surface area contributed by atoms with Crippen molar-refractivity contribution >= 4 is 39.7 Å². The highest BCUT2D eigenvalue weighted by Gasteiger charge is 2.42. The number of carbonyl (C=O) groups is 1. The molecular formula is C25H32FNO5S2. The number of rotatable bonds is 9. The number of para-hydroxylation sites is 1. The highest BCUT2D eigenvalue weighted by molar-refractivity contribution is 8.24. The maximum atomic E-state index is 13.6. The van der Waals surface area contributed by atoms with Crippen LogP contribution in [0.25, 0.3) is 0 Å². The summed E-state index contributed by atoms with van der Waals surface area (Å²) in [6.07, 6.45) is 5.98. The molecule has 6 nitrogen and oxygen atoms in total. The Balaban J connectivity index is 2.21. The molecule has 1 aliphatic heterocycles. The van der Waals surface area contributed by atoms with E-state index in [4.69, 9.17) is 9.84 Å². The van der Waals surface area contributed by atoms with Crippen LogP contribution in [0.2, 0.25) is 0 Å². The number of unbranched alkanes of at least 4 members (excludes halogenated alkanes) is 1. The first kappa shape index (κ1) is 26.4. The van der Waals surface area contributed by atoms with Crippen molar-refractivity contribution in [2.75, 3.05) is 23.5 Å². The number of anilines is 2. The van der Waals surface area contributed by atoms with Gasteiger partial charge in [-0.25, -0.2) is 4.79 Å². The van der Waals surface area contributed by atoms with Crippen LogP contribution in [0.1, 0.15) is 39.5 Å². The number of nitrogens with zero attached hydrogens (tertiary/aromatic N) is 1. The van der Waals surface area contributed by atoms with Crippen LogP contribution in [0.3, 0.4) is 0 Å². The van der Waals surface area contributed by atoms with Crippen molar-refractivity contribution in [1.29, 1.82) is 0 Å². The summed E-state index contributed by atoms with van der Waals surface area (Å²) < 4.78 is 41.9. The maximum Gasteiger partial charge on any atom is 0.368 e. The lowest BCUT2D eigenvalue weighted by Gasteiger charge is -2.41. The first-order chi connectivity index (χ1) is 16.2. The molecule has 0 aromatic heterocycles. The molecule has 0 saturated heterocycles. The molecule has 9 heteroatoms. The van der Waals surface area contributed by atoms with Crippen LogP contribution in [-0.2, 0) is 4.79 Å². The molecule has 186 valence electrons. The van der Waals surface area contributed by atoms with Crippen LogP contribution < -0.4 is 9.64 Å². The second kappa shape index (κ2) is 11.0. The monoisotopic (exact) mass is 509 g/mol. The van der Waals surface area contributed by atoms with Crippen LogP contribution in [0.5, 0.6) is 5.75 Å². The average molecular weight is 510 g/mol. The van der Waals surface area contributed by atoms with Gasteiger partial charge in [0, 0.05) is 29.5 Å². The number of aliphatic carboxylic acids is 1. The highest BCUT2D eigenvalue weighted by Crippen LogP contribution is 2.62. The maximum absolute atomic E-state index is 13.6. The van der Waals surface area contributed by atoms with Gasteiger partial charge in [-0.2, -0.15) is 15.0 Å². The predicted octanol–water partition coefficient (Wildman–Crippen LogP) is 7.53. The molecule has 0 aliphatic carbocycles. The van der Waals surface area contributed by atoms with Gasteiger partial charge in [0.2, 0.25) is 5.83 Å². The summed E-state index contributed by atoms with van der Waals surface area (Å²) in [5.41, 5.74) is 1.28. The van der Waals surface area contributed by atoms with E-state index >= 15 is 0 Å². The first-order valence-electron chi connectivity index (χ1n) is 11.2. The van der Waals surface area contributed by atoms with Gasteiger partial charge in [0.1, 0.15) is 12.0 Å². The molecule has 2 aromatic rings. The number of ether oxygens (including phenoxy) is 1. The number of fused-ring (bicyclic) bond motifs is 1. The minimum absolute atomic E-state index is 0.174. The predicted molar refractivity (Wildman–Crippen MR) is 137 cm³/mol. The van der Waals surface area contributed by atoms with Gasteiger partial charge < -0.3 is 14.7 Å². The van der Waals surface area contributed by atoms with E-state index in [2.05, 4.69) is 18.7 Å². The van der Waals surface area contributed by atoms with Gasteiger partial charge in [-0.1, -0.05) is 44.9 Å². The van der Waals surface area contributed by atoms with Crippen LogP contribution in [0.15, 0.2) is 64.3 Å². The van der Waals surface area contributed by atoms with Crippen molar-refractivity contribution in [3.05, 3.63) is 54.6 Å². The summed E-state index contributed by atoms with van der Waals surface area (Å²) in [5.74, 6) is -2.79. The van der Waals surface area contributed by atoms with Crippen molar-refractivity contribution in [2.45, 2.75) is 49.3 Å². The summed E-state index contributed by atoms with van der Waals surface area (Å²) in [6, 6.07) is 13.2. The van der Waals surface area contributed by atoms with E-state index in [-0.39, 0.29) is 16.9 Å². The second-order valence-corrected chi connectivity index (χ2v) is 11.5. The molecule has 0 saturated carbocycles. The number of carboxylic acids is 1. The lowest BCUT2D eigenvalue weighted by atomic mass is 9.81. The third-order valence-corrected chi connectivity index (χ3v) is 9.07. The Morgan fingerprint density at radius 3 is 2.56 bits per heavy atom. The minimum atomic E-state index is -3.23. The Bertz CT molecular complexity index is 1050. The Morgan fingerprint density at radius 2 is 1.97 bits per heavy atom. The van der Waals surface area contributed by atoms with Gasteiger partial charge in [-0.3, -0.25) is 9.11 Å². The summed E-state index contributed by atoms with van der Waals surface area (Å²) in [6.45, 7) is 4.84. The quantitative estimate of drug-likeness (QED) is 0.183. The Labute approximate surface area is 206 Å². The second-order valence-electron chi connectivity index (χ2n) is 8.55. The number of hydrogen-bond acceptors (Lipinski definition) is 6. The third-order valence-electron chi connectivity index (χ3n) is 6.26. The molecule has 34 heavy (non-hydrogen) atoms. The van der Waals surface area contributed by atoms with Gasteiger partial charge in [0.05, 0.1) is 15.5 Å². The number of benzene rings is 2. The topological polar surface area (TPSA) is 90.2 Å².